The van der Waals surface area contributed by atoms with Crippen LogP contribution in [0.25, 0.3) is 115 Å². The van der Waals surface area contributed by atoms with Crippen LogP contribution in [0.3, 0.4) is 0 Å². The molecule has 0 atom stereocenters. The van der Waals surface area contributed by atoms with Crippen molar-refractivity contribution < 1.29 is 0 Å². The van der Waals surface area contributed by atoms with Crippen LogP contribution in [0.4, 0.5) is 0 Å². The lowest BCUT2D eigenvalue weighted by molar-refractivity contribution is 0.0965. The second-order valence-corrected chi connectivity index (χ2v) is 20.7. The van der Waals surface area contributed by atoms with Crippen molar-refractivity contribution in [1.82, 2.24) is 4.57 Å². The van der Waals surface area contributed by atoms with E-state index in [1.807, 2.05) is 0 Å². The summed E-state index contributed by atoms with van der Waals surface area (Å²) < 4.78 is 2.41. The Kier molecular flexibility index (Phi) is 8.12. The normalized spacial score (nSPS) is 13.7. The molecule has 1 nitrogen and oxygen atoms in total. The van der Waals surface area contributed by atoms with E-state index in [0.717, 1.165) is 0 Å². The minimum atomic E-state index is -0.354. The SMILES string of the molecule is CC(C)(C)C1(C(C)(C)C)c2cc(-c3c4ccccc4c(-c4ccc5c(c4)c4ccccc4n5-c4ccccc4)c4ccccc34)c3ccccc3c2-c2c1c1ccccc1c1ccccc21. The Morgan fingerprint density at radius 2 is 0.742 bits per heavy atom. The summed E-state index contributed by atoms with van der Waals surface area (Å²) in [5.74, 6) is 0. The fraction of sp³-hybridized carbons (Fsp3) is 0.138. The van der Waals surface area contributed by atoms with E-state index in [0.29, 0.717) is 0 Å². The molecule has 0 unspecified atom stereocenters. The molecule has 0 amide bonds. The maximum absolute atomic E-state index is 2.66. The van der Waals surface area contributed by atoms with Crippen LogP contribution in [-0.4, -0.2) is 4.57 Å². The van der Waals surface area contributed by atoms with Gasteiger partial charge >= 0.3 is 0 Å². The molecule has 1 heteroatoms. The summed E-state index contributed by atoms with van der Waals surface area (Å²) in [5.41, 5.74) is 13.7. The molecule has 316 valence electrons. The molecule has 0 aliphatic heterocycles. The Labute approximate surface area is 386 Å². The lowest BCUT2D eigenvalue weighted by atomic mass is 9.49. The lowest BCUT2D eigenvalue weighted by Gasteiger charge is -2.53. The number of rotatable bonds is 3. The minimum absolute atomic E-state index is 0.160. The third kappa shape index (κ3) is 5.06. The second kappa shape index (κ2) is 13.8. The van der Waals surface area contributed by atoms with Crippen molar-refractivity contribution in [1.29, 1.82) is 0 Å². The van der Waals surface area contributed by atoms with Crippen molar-refractivity contribution >= 4 is 75.7 Å². The van der Waals surface area contributed by atoms with Gasteiger partial charge in [-0.2, -0.15) is 0 Å². The second-order valence-electron chi connectivity index (χ2n) is 20.7. The number of hydrogen-bond donors (Lipinski definition) is 0. The molecular formula is C65H51N. The van der Waals surface area contributed by atoms with E-state index in [4.69, 9.17) is 0 Å². The Morgan fingerprint density at radius 1 is 0.318 bits per heavy atom. The molecule has 13 rings (SSSR count). The Bertz CT molecular complexity index is 3930. The molecule has 1 heterocycles. The summed E-state index contributed by atoms with van der Waals surface area (Å²) in [6.07, 6.45) is 0. The fourth-order valence-electron chi connectivity index (χ4n) is 13.5. The molecule has 12 aromatic rings. The summed E-state index contributed by atoms with van der Waals surface area (Å²) in [6, 6.07) is 75.5. The highest BCUT2D eigenvalue weighted by molar-refractivity contribution is 6.27. The van der Waals surface area contributed by atoms with Crippen LogP contribution in [0.2, 0.25) is 0 Å². The monoisotopic (exact) mass is 845 g/mol. The maximum Gasteiger partial charge on any atom is 0.0541 e. The average Bonchev–Trinajstić information content (AvgIpc) is 3.85. The first-order chi connectivity index (χ1) is 32.1. The quantitative estimate of drug-likeness (QED) is 0.123. The van der Waals surface area contributed by atoms with Crippen molar-refractivity contribution in [2.75, 3.05) is 0 Å². The fourth-order valence-corrected chi connectivity index (χ4v) is 13.5. The number of para-hydroxylation sites is 2. The van der Waals surface area contributed by atoms with Crippen LogP contribution in [-0.2, 0) is 5.41 Å². The molecule has 11 aromatic carbocycles. The molecule has 0 fully saturated rings. The van der Waals surface area contributed by atoms with Crippen molar-refractivity contribution in [3.8, 4) is 39.1 Å². The summed E-state index contributed by atoms with van der Waals surface area (Å²) in [6.45, 7) is 14.9. The first-order valence-electron chi connectivity index (χ1n) is 23.6. The van der Waals surface area contributed by atoms with Crippen molar-refractivity contribution in [2.24, 2.45) is 10.8 Å². The van der Waals surface area contributed by atoms with Crippen LogP contribution < -0.4 is 0 Å². The largest absolute Gasteiger partial charge is 0.309 e. The van der Waals surface area contributed by atoms with Gasteiger partial charge in [-0.15, -0.1) is 0 Å². The first kappa shape index (κ1) is 38.9. The average molecular weight is 846 g/mol. The van der Waals surface area contributed by atoms with E-state index in [1.165, 1.54) is 126 Å². The van der Waals surface area contributed by atoms with Gasteiger partial charge in [-0.3, -0.25) is 0 Å². The number of benzene rings is 11. The van der Waals surface area contributed by atoms with Gasteiger partial charge in [0.1, 0.15) is 0 Å². The molecule has 0 saturated heterocycles. The molecular weight excluding hydrogens is 795 g/mol. The number of nitrogens with zero attached hydrogens (tertiary/aromatic N) is 1. The zero-order valence-electron chi connectivity index (χ0n) is 38.5. The van der Waals surface area contributed by atoms with Gasteiger partial charge in [-0.05, 0) is 146 Å². The third-order valence-corrected chi connectivity index (χ3v) is 15.4. The van der Waals surface area contributed by atoms with E-state index >= 15 is 0 Å². The van der Waals surface area contributed by atoms with Crippen molar-refractivity contribution in [3.63, 3.8) is 0 Å². The maximum atomic E-state index is 2.66. The van der Waals surface area contributed by atoms with Gasteiger partial charge in [0.25, 0.3) is 0 Å². The topological polar surface area (TPSA) is 4.93 Å². The Morgan fingerprint density at radius 3 is 1.32 bits per heavy atom. The Balaban J connectivity index is 1.16. The molecule has 66 heavy (non-hydrogen) atoms. The standard InChI is InChI=1S/C65H51N/c1-63(2,3)65(64(4,5)6)55-39-54(44-26-11-13-28-46(44)60(55)61-47-29-14-10-24-42(47)43-25-12-19-34-52(43)62(61)65)59-50-32-17-15-30-48(50)58(49-31-16-18-33-51(49)59)40-36-37-57-53(38-40)45-27-20-21-35-56(45)66(57)41-22-8-7-9-23-41/h7-39H,1-6H3. The molecule has 0 saturated carbocycles. The number of hydrogen-bond acceptors (Lipinski definition) is 0. The van der Waals surface area contributed by atoms with Crippen LogP contribution in [0, 0.1) is 10.8 Å². The number of aromatic nitrogens is 1. The summed E-state index contributed by atoms with van der Waals surface area (Å²) in [4.78, 5) is 0. The highest BCUT2D eigenvalue weighted by atomic mass is 15.0. The van der Waals surface area contributed by atoms with E-state index < -0.39 is 0 Å². The van der Waals surface area contributed by atoms with Crippen LogP contribution in [0.15, 0.2) is 200 Å². The summed E-state index contributed by atoms with van der Waals surface area (Å²) in [5, 5.41) is 15.5. The lowest BCUT2D eigenvalue weighted by Crippen LogP contribution is -2.50. The van der Waals surface area contributed by atoms with Gasteiger partial charge in [-0.1, -0.05) is 205 Å². The van der Waals surface area contributed by atoms with Gasteiger partial charge in [0.15, 0.2) is 0 Å². The molecule has 0 bridgehead atoms. The zero-order chi connectivity index (χ0) is 44.7. The van der Waals surface area contributed by atoms with Crippen molar-refractivity contribution in [2.45, 2.75) is 47.0 Å². The minimum Gasteiger partial charge on any atom is -0.309 e. The molecule has 0 spiro atoms. The number of fused-ring (bicyclic) bond motifs is 15. The highest BCUT2D eigenvalue weighted by Gasteiger charge is 2.59. The van der Waals surface area contributed by atoms with Crippen LogP contribution in [0.5, 0.6) is 0 Å². The summed E-state index contributed by atoms with van der Waals surface area (Å²) in [7, 11) is 0. The van der Waals surface area contributed by atoms with E-state index in [9.17, 15) is 0 Å². The van der Waals surface area contributed by atoms with Gasteiger partial charge in [0.05, 0.1) is 11.0 Å². The summed E-state index contributed by atoms with van der Waals surface area (Å²) >= 11 is 0. The first-order valence-corrected chi connectivity index (χ1v) is 23.6. The van der Waals surface area contributed by atoms with Gasteiger partial charge in [0, 0.05) is 21.9 Å². The van der Waals surface area contributed by atoms with E-state index in [2.05, 4.69) is 246 Å². The van der Waals surface area contributed by atoms with Crippen LogP contribution >= 0.6 is 0 Å². The molecule has 1 aliphatic carbocycles. The molecule has 1 aromatic heterocycles. The molecule has 0 radical (unpaired) electrons. The van der Waals surface area contributed by atoms with Gasteiger partial charge < -0.3 is 4.57 Å². The third-order valence-electron chi connectivity index (χ3n) is 15.4. The van der Waals surface area contributed by atoms with Crippen LogP contribution in [0.1, 0.15) is 52.7 Å². The highest BCUT2D eigenvalue weighted by Crippen LogP contribution is 2.69. The van der Waals surface area contributed by atoms with Gasteiger partial charge in [0.2, 0.25) is 0 Å². The Hall–Kier alpha value is -7.48. The van der Waals surface area contributed by atoms with E-state index in [-0.39, 0.29) is 16.2 Å². The zero-order valence-corrected chi connectivity index (χ0v) is 38.5. The predicted octanol–water partition coefficient (Wildman–Crippen LogP) is 18.2. The molecule has 1 aliphatic rings. The van der Waals surface area contributed by atoms with E-state index in [1.54, 1.807) is 0 Å². The molecule has 0 N–H and O–H groups in total. The van der Waals surface area contributed by atoms with Gasteiger partial charge in [-0.25, -0.2) is 0 Å². The van der Waals surface area contributed by atoms with Crippen molar-refractivity contribution in [3.05, 3.63) is 211 Å². The predicted molar refractivity (Wildman–Crippen MR) is 284 cm³/mol. The smallest absolute Gasteiger partial charge is 0.0541 e.